The van der Waals surface area contributed by atoms with Crippen molar-refractivity contribution in [2.24, 2.45) is 4.99 Å². The number of amidine groups is 1. The first-order valence-electron chi connectivity index (χ1n) is 18.8. The molecule has 2 heterocycles. The van der Waals surface area contributed by atoms with Crippen molar-refractivity contribution in [3.63, 3.8) is 0 Å². The normalized spacial score (nSPS) is 15.8. The van der Waals surface area contributed by atoms with Gasteiger partial charge in [-0.1, -0.05) is 164 Å². The molecule has 0 amide bonds. The SMILES string of the molecule is c1ccc(C2N=C(c3ccc4c(ccc5ccccc54)c3)NC(c3ccc(-c4ccc5ccccc5c4)cc3)N2)c(-c2cccc3oc4ccccc4c23)c1. The number of fused-ring (bicyclic) bond motifs is 7. The second-order valence-electron chi connectivity index (χ2n) is 14.4. The number of nitrogens with zero attached hydrogens (tertiary/aromatic N) is 1. The lowest BCUT2D eigenvalue weighted by molar-refractivity contribution is 0.409. The lowest BCUT2D eigenvalue weighted by Crippen LogP contribution is -2.45. The fourth-order valence-electron chi connectivity index (χ4n) is 8.41. The summed E-state index contributed by atoms with van der Waals surface area (Å²) in [5, 5.41) is 17.3. The van der Waals surface area contributed by atoms with E-state index in [2.05, 4.69) is 187 Å². The van der Waals surface area contributed by atoms with Crippen LogP contribution >= 0.6 is 0 Å². The van der Waals surface area contributed by atoms with Crippen LogP contribution in [0.1, 0.15) is 29.0 Å². The van der Waals surface area contributed by atoms with Gasteiger partial charge in [-0.3, -0.25) is 5.32 Å². The van der Waals surface area contributed by atoms with Crippen molar-refractivity contribution in [1.82, 2.24) is 10.6 Å². The van der Waals surface area contributed by atoms with Crippen molar-refractivity contribution in [3.05, 3.63) is 205 Å². The highest BCUT2D eigenvalue weighted by Crippen LogP contribution is 2.40. The number of aliphatic imine (C=N–C) groups is 1. The molecular weight excluding hydrogens is 671 g/mol. The van der Waals surface area contributed by atoms with E-state index in [1.807, 2.05) is 12.1 Å². The Morgan fingerprint density at radius 1 is 0.436 bits per heavy atom. The first-order chi connectivity index (χ1) is 27.2. The Hall–Kier alpha value is -7.01. The monoisotopic (exact) mass is 705 g/mol. The van der Waals surface area contributed by atoms with Crippen LogP contribution in [0.2, 0.25) is 0 Å². The summed E-state index contributed by atoms with van der Waals surface area (Å²) < 4.78 is 6.32. The Bertz CT molecular complexity index is 3120. The standard InChI is InChI=1S/C51H35N3O/c1-2-12-36-30-37(26-22-32(36)10-1)33-20-24-35(25-21-33)49-52-50(39-28-29-41-38(31-39)27-23-34-11-3-4-13-40(34)41)54-51(53-49)44-15-6-5-14-42(44)43-17-9-19-47-48(43)45-16-7-8-18-46(45)55-47/h1-31,49,51,53H,(H,52,54). The summed E-state index contributed by atoms with van der Waals surface area (Å²) >= 11 is 0. The van der Waals surface area contributed by atoms with Crippen LogP contribution in [0.5, 0.6) is 0 Å². The van der Waals surface area contributed by atoms with Crippen LogP contribution in [0.15, 0.2) is 197 Å². The molecule has 1 aromatic heterocycles. The molecule has 9 aromatic carbocycles. The van der Waals surface area contributed by atoms with Gasteiger partial charge in [-0.2, -0.15) is 0 Å². The molecule has 11 rings (SSSR count). The summed E-state index contributed by atoms with van der Waals surface area (Å²) in [5.41, 5.74) is 9.69. The Kier molecular flexibility index (Phi) is 7.35. The van der Waals surface area contributed by atoms with E-state index in [1.165, 1.54) is 43.4 Å². The third-order valence-corrected chi connectivity index (χ3v) is 11.2. The molecule has 0 saturated carbocycles. The van der Waals surface area contributed by atoms with Gasteiger partial charge in [-0.05, 0) is 90.0 Å². The van der Waals surface area contributed by atoms with Gasteiger partial charge in [0, 0.05) is 16.3 Å². The van der Waals surface area contributed by atoms with Gasteiger partial charge in [0.15, 0.2) is 0 Å². The molecule has 0 fully saturated rings. The van der Waals surface area contributed by atoms with Crippen molar-refractivity contribution in [2.45, 2.75) is 12.3 Å². The van der Waals surface area contributed by atoms with E-state index in [-0.39, 0.29) is 12.3 Å². The second kappa shape index (κ2) is 12.8. The molecule has 1 aliphatic rings. The number of para-hydroxylation sites is 1. The Balaban J connectivity index is 1.03. The summed E-state index contributed by atoms with van der Waals surface area (Å²) in [4.78, 5) is 5.45. The summed E-state index contributed by atoms with van der Waals surface area (Å²) in [5.74, 6) is 0.851. The second-order valence-corrected chi connectivity index (χ2v) is 14.4. The smallest absolute Gasteiger partial charge is 0.136 e. The van der Waals surface area contributed by atoms with Crippen molar-refractivity contribution < 1.29 is 4.42 Å². The molecule has 260 valence electrons. The summed E-state index contributed by atoms with van der Waals surface area (Å²) in [7, 11) is 0. The molecule has 4 nitrogen and oxygen atoms in total. The van der Waals surface area contributed by atoms with Crippen molar-refractivity contribution in [3.8, 4) is 22.3 Å². The third-order valence-electron chi connectivity index (χ3n) is 11.2. The fourth-order valence-corrected chi connectivity index (χ4v) is 8.41. The van der Waals surface area contributed by atoms with E-state index < -0.39 is 0 Å². The van der Waals surface area contributed by atoms with E-state index >= 15 is 0 Å². The molecule has 1 aliphatic heterocycles. The van der Waals surface area contributed by atoms with Gasteiger partial charge < -0.3 is 9.73 Å². The van der Waals surface area contributed by atoms with Crippen LogP contribution in [0.4, 0.5) is 0 Å². The average molecular weight is 706 g/mol. The van der Waals surface area contributed by atoms with E-state index in [1.54, 1.807) is 0 Å². The maximum Gasteiger partial charge on any atom is 0.136 e. The van der Waals surface area contributed by atoms with Gasteiger partial charge in [0.1, 0.15) is 29.3 Å². The van der Waals surface area contributed by atoms with Crippen LogP contribution in [0, 0.1) is 0 Å². The molecule has 2 atom stereocenters. The van der Waals surface area contributed by atoms with Crippen LogP contribution in [0.3, 0.4) is 0 Å². The van der Waals surface area contributed by atoms with Crippen LogP contribution in [-0.2, 0) is 0 Å². The Labute approximate surface area is 318 Å². The Morgan fingerprint density at radius 2 is 1.07 bits per heavy atom. The van der Waals surface area contributed by atoms with Crippen LogP contribution < -0.4 is 10.6 Å². The van der Waals surface area contributed by atoms with Crippen LogP contribution in [0.25, 0.3) is 76.5 Å². The number of benzene rings is 9. The molecular formula is C51H35N3O. The molecule has 0 radical (unpaired) electrons. The minimum absolute atomic E-state index is 0.200. The Morgan fingerprint density at radius 3 is 1.98 bits per heavy atom. The molecule has 2 N–H and O–H groups in total. The minimum Gasteiger partial charge on any atom is -0.456 e. The van der Waals surface area contributed by atoms with Gasteiger partial charge in [0.25, 0.3) is 0 Å². The van der Waals surface area contributed by atoms with Crippen molar-refractivity contribution in [2.75, 3.05) is 0 Å². The van der Waals surface area contributed by atoms with Gasteiger partial charge in [-0.15, -0.1) is 0 Å². The zero-order valence-electron chi connectivity index (χ0n) is 29.9. The lowest BCUT2D eigenvalue weighted by atomic mass is 9.93. The number of rotatable bonds is 5. The molecule has 4 heteroatoms. The summed E-state index contributed by atoms with van der Waals surface area (Å²) in [6.07, 6.45) is -0.535. The van der Waals surface area contributed by atoms with Gasteiger partial charge in [0.05, 0.1) is 0 Å². The fraction of sp³-hybridized carbons (Fsp3) is 0.0392. The minimum atomic E-state index is -0.335. The average Bonchev–Trinajstić information content (AvgIpc) is 3.65. The number of nitrogens with one attached hydrogen (secondary N) is 2. The van der Waals surface area contributed by atoms with Crippen molar-refractivity contribution in [1.29, 1.82) is 0 Å². The van der Waals surface area contributed by atoms with Gasteiger partial charge in [0.2, 0.25) is 0 Å². The quantitative estimate of drug-likeness (QED) is 0.175. The zero-order valence-corrected chi connectivity index (χ0v) is 29.9. The summed E-state index contributed by atoms with van der Waals surface area (Å²) in [6, 6.07) is 67.1. The zero-order chi connectivity index (χ0) is 36.3. The van der Waals surface area contributed by atoms with E-state index in [9.17, 15) is 0 Å². The molecule has 2 unspecified atom stereocenters. The highest BCUT2D eigenvalue weighted by Gasteiger charge is 2.28. The predicted octanol–water partition coefficient (Wildman–Crippen LogP) is 12.7. The topological polar surface area (TPSA) is 49.6 Å². The highest BCUT2D eigenvalue weighted by molar-refractivity contribution is 6.13. The molecule has 55 heavy (non-hydrogen) atoms. The largest absolute Gasteiger partial charge is 0.456 e. The molecule has 0 bridgehead atoms. The van der Waals surface area contributed by atoms with Gasteiger partial charge >= 0.3 is 0 Å². The van der Waals surface area contributed by atoms with Crippen LogP contribution in [-0.4, -0.2) is 5.84 Å². The third kappa shape index (κ3) is 5.46. The van der Waals surface area contributed by atoms with E-state index in [4.69, 9.17) is 9.41 Å². The predicted molar refractivity (Wildman–Crippen MR) is 228 cm³/mol. The maximum absolute atomic E-state index is 6.32. The van der Waals surface area contributed by atoms with E-state index in [0.717, 1.165) is 55.6 Å². The lowest BCUT2D eigenvalue weighted by Gasteiger charge is -2.33. The first kappa shape index (κ1) is 31.5. The number of hydrogen-bond donors (Lipinski definition) is 2. The highest BCUT2D eigenvalue weighted by atomic mass is 16.3. The number of hydrogen-bond acceptors (Lipinski definition) is 4. The van der Waals surface area contributed by atoms with Crippen molar-refractivity contribution >= 4 is 60.1 Å². The maximum atomic E-state index is 6.32. The first-order valence-corrected chi connectivity index (χ1v) is 18.8. The summed E-state index contributed by atoms with van der Waals surface area (Å²) in [6.45, 7) is 0. The van der Waals surface area contributed by atoms with Gasteiger partial charge in [-0.25, -0.2) is 4.99 Å². The molecule has 0 saturated heterocycles. The molecule has 0 aliphatic carbocycles. The van der Waals surface area contributed by atoms with E-state index in [0.29, 0.717) is 0 Å². The number of furan rings is 1. The molecule has 0 spiro atoms. The molecule has 10 aromatic rings.